The Labute approximate surface area is 232 Å². The Hall–Kier alpha value is -4.56. The highest BCUT2D eigenvalue weighted by Crippen LogP contribution is 2.48. The van der Waals surface area contributed by atoms with Gasteiger partial charge in [0, 0.05) is 29.3 Å². The molecule has 0 spiro atoms. The predicted molar refractivity (Wildman–Crippen MR) is 154 cm³/mol. The maximum atomic E-state index is 14.0. The molecular formula is C32H32N4O4. The van der Waals surface area contributed by atoms with Crippen LogP contribution in [0.3, 0.4) is 0 Å². The summed E-state index contributed by atoms with van der Waals surface area (Å²) in [5.74, 6) is -4.84. The lowest BCUT2D eigenvalue weighted by Crippen LogP contribution is -2.56. The molecule has 0 radical (unpaired) electrons. The van der Waals surface area contributed by atoms with Crippen molar-refractivity contribution in [2.75, 3.05) is 10.6 Å². The predicted octanol–water partition coefficient (Wildman–Crippen LogP) is 5.01. The van der Waals surface area contributed by atoms with Crippen LogP contribution in [0.1, 0.15) is 36.0 Å². The normalized spacial score (nSPS) is 22.5. The highest BCUT2D eigenvalue weighted by Gasteiger charge is 2.56. The van der Waals surface area contributed by atoms with Crippen LogP contribution in [-0.2, 0) is 14.4 Å². The van der Waals surface area contributed by atoms with E-state index in [9.17, 15) is 19.5 Å². The second-order valence-electron chi connectivity index (χ2n) is 10.7. The number of para-hydroxylation sites is 2. The van der Waals surface area contributed by atoms with E-state index in [1.165, 1.54) is 6.92 Å². The smallest absolute Gasteiger partial charge is 0.235 e. The summed E-state index contributed by atoms with van der Waals surface area (Å²) in [6.07, 6.45) is 1.20. The van der Waals surface area contributed by atoms with E-state index in [1.54, 1.807) is 24.4 Å². The number of carbonyl (C=O) groups is 3. The molecule has 8 nitrogen and oxygen atoms in total. The molecule has 4 aromatic rings. The largest absolute Gasteiger partial charge is 0.389 e. The maximum Gasteiger partial charge on any atom is 0.235 e. The quantitative estimate of drug-likeness (QED) is 0.258. The summed E-state index contributed by atoms with van der Waals surface area (Å²) in [4.78, 5) is 41.6. The average Bonchev–Trinajstić information content (AvgIpc) is 3.40. The number of nitrogens with zero attached hydrogens (tertiary/aromatic N) is 1. The Kier molecular flexibility index (Phi) is 7.36. The fraction of sp³-hybridized carbons (Fsp3) is 0.250. The average molecular weight is 537 g/mol. The van der Waals surface area contributed by atoms with Gasteiger partial charge >= 0.3 is 0 Å². The molecule has 3 aromatic carbocycles. The third-order valence-electron chi connectivity index (χ3n) is 7.73. The van der Waals surface area contributed by atoms with E-state index in [4.69, 9.17) is 0 Å². The van der Waals surface area contributed by atoms with Gasteiger partial charge in [0.25, 0.3) is 0 Å². The van der Waals surface area contributed by atoms with Crippen molar-refractivity contribution < 1.29 is 19.5 Å². The minimum absolute atomic E-state index is 0.347. The van der Waals surface area contributed by atoms with Gasteiger partial charge in [0.1, 0.15) is 11.7 Å². The molecule has 4 N–H and O–H groups in total. The molecule has 1 heterocycles. The molecular weight excluding hydrogens is 504 g/mol. The fourth-order valence-electron chi connectivity index (χ4n) is 5.70. The summed E-state index contributed by atoms with van der Waals surface area (Å²) in [6, 6.07) is 24.0. The SMILES string of the molecule is Cc1ccccc1NC(=O)[C@@H]1C(=O)C[C@](C)(O)[C@@H](C(=O)Nc2ccccc2C)[C@H]1c1cn[nH]c1-c1ccccc1. The van der Waals surface area contributed by atoms with E-state index < -0.39 is 41.0 Å². The molecule has 40 heavy (non-hydrogen) atoms. The number of hydrogen-bond donors (Lipinski definition) is 4. The van der Waals surface area contributed by atoms with Crippen molar-refractivity contribution in [3.8, 4) is 11.3 Å². The Bertz CT molecular complexity index is 1560. The van der Waals surface area contributed by atoms with Crippen LogP contribution in [0.2, 0.25) is 0 Å². The number of aromatic amines is 1. The van der Waals surface area contributed by atoms with E-state index in [1.807, 2.05) is 74.5 Å². The van der Waals surface area contributed by atoms with Crippen molar-refractivity contribution in [1.29, 1.82) is 0 Å². The first-order valence-electron chi connectivity index (χ1n) is 13.2. The first-order valence-corrected chi connectivity index (χ1v) is 13.2. The summed E-state index contributed by atoms with van der Waals surface area (Å²) < 4.78 is 0. The molecule has 0 aliphatic heterocycles. The number of anilines is 2. The number of nitrogens with one attached hydrogen (secondary N) is 3. The van der Waals surface area contributed by atoms with Crippen molar-refractivity contribution in [2.45, 2.75) is 38.7 Å². The lowest BCUT2D eigenvalue weighted by molar-refractivity contribution is -0.150. The van der Waals surface area contributed by atoms with Crippen LogP contribution in [0.25, 0.3) is 11.3 Å². The van der Waals surface area contributed by atoms with E-state index >= 15 is 0 Å². The molecule has 1 fully saturated rings. The second-order valence-corrected chi connectivity index (χ2v) is 10.7. The first-order chi connectivity index (χ1) is 19.2. The van der Waals surface area contributed by atoms with Gasteiger partial charge in [-0.3, -0.25) is 19.5 Å². The summed E-state index contributed by atoms with van der Waals surface area (Å²) in [7, 11) is 0. The van der Waals surface area contributed by atoms with Gasteiger partial charge in [0.15, 0.2) is 0 Å². The molecule has 0 bridgehead atoms. The number of ketones is 1. The van der Waals surface area contributed by atoms with Crippen LogP contribution in [0.5, 0.6) is 0 Å². The van der Waals surface area contributed by atoms with Crippen LogP contribution in [0.15, 0.2) is 85.1 Å². The second kappa shape index (κ2) is 10.9. The van der Waals surface area contributed by atoms with Gasteiger partial charge in [-0.15, -0.1) is 0 Å². The van der Waals surface area contributed by atoms with Gasteiger partial charge in [-0.25, -0.2) is 0 Å². The number of aryl methyl sites for hydroxylation is 2. The van der Waals surface area contributed by atoms with Crippen LogP contribution in [0.4, 0.5) is 11.4 Å². The lowest BCUT2D eigenvalue weighted by Gasteiger charge is -2.44. The van der Waals surface area contributed by atoms with Crippen LogP contribution < -0.4 is 10.6 Å². The van der Waals surface area contributed by atoms with Crippen molar-refractivity contribution >= 4 is 29.0 Å². The van der Waals surface area contributed by atoms with Crippen LogP contribution in [0, 0.1) is 25.7 Å². The van der Waals surface area contributed by atoms with Gasteiger partial charge < -0.3 is 15.7 Å². The zero-order chi connectivity index (χ0) is 28.4. The maximum absolute atomic E-state index is 14.0. The van der Waals surface area contributed by atoms with Gasteiger partial charge in [-0.1, -0.05) is 66.7 Å². The van der Waals surface area contributed by atoms with Gasteiger partial charge in [0.05, 0.1) is 23.4 Å². The number of H-pyrrole nitrogens is 1. The van der Waals surface area contributed by atoms with E-state index in [2.05, 4.69) is 20.8 Å². The highest BCUT2D eigenvalue weighted by atomic mass is 16.3. The van der Waals surface area contributed by atoms with E-state index in [-0.39, 0.29) is 6.42 Å². The number of amides is 2. The number of hydrogen-bond acceptors (Lipinski definition) is 5. The Morgan fingerprint density at radius 2 is 1.43 bits per heavy atom. The van der Waals surface area contributed by atoms with Gasteiger partial charge in [0.2, 0.25) is 11.8 Å². The molecule has 204 valence electrons. The minimum atomic E-state index is -1.72. The number of Topliss-reactive ketones (excluding diaryl/α,β-unsaturated/α-hetero) is 1. The fourth-order valence-corrected chi connectivity index (χ4v) is 5.70. The number of aromatic nitrogens is 2. The molecule has 1 aliphatic carbocycles. The lowest BCUT2D eigenvalue weighted by atomic mass is 9.61. The van der Waals surface area contributed by atoms with E-state index in [0.717, 1.165) is 16.7 Å². The summed E-state index contributed by atoms with van der Waals surface area (Å²) in [5.41, 5.74) is 3.00. The molecule has 0 saturated heterocycles. The summed E-state index contributed by atoms with van der Waals surface area (Å²) in [6.45, 7) is 5.22. The number of carbonyl (C=O) groups excluding carboxylic acids is 3. The van der Waals surface area contributed by atoms with Gasteiger partial charge in [-0.2, -0.15) is 5.10 Å². The summed E-state index contributed by atoms with van der Waals surface area (Å²) in [5, 5.41) is 24.7. The number of aliphatic hydroxyl groups is 1. The Morgan fingerprint density at radius 3 is 2.02 bits per heavy atom. The minimum Gasteiger partial charge on any atom is -0.389 e. The molecule has 1 aromatic heterocycles. The van der Waals surface area contributed by atoms with Crippen molar-refractivity contribution in [3.05, 3.63) is 102 Å². The zero-order valence-corrected chi connectivity index (χ0v) is 22.6. The van der Waals surface area contributed by atoms with Crippen LogP contribution >= 0.6 is 0 Å². The molecule has 1 saturated carbocycles. The monoisotopic (exact) mass is 536 g/mol. The molecule has 2 amide bonds. The Balaban J connectivity index is 1.63. The topological polar surface area (TPSA) is 124 Å². The van der Waals surface area contributed by atoms with Gasteiger partial charge in [-0.05, 0) is 49.6 Å². The first kappa shape index (κ1) is 27.0. The van der Waals surface area contributed by atoms with Crippen LogP contribution in [-0.4, -0.2) is 38.5 Å². The molecule has 0 unspecified atom stereocenters. The standard InChI is InChI=1S/C32H32N4O4/c1-19-11-7-9-15-23(19)34-30(38)27-25(37)17-32(3,40)28(31(39)35-24-16-10-8-12-20(24)2)26(27)22-18-33-36-29(22)21-13-5-4-6-14-21/h4-16,18,26-28,40H,17H2,1-3H3,(H,33,36)(H,34,38)(H,35,39)/t26-,27+,28+,32-/m0/s1. The van der Waals surface area contributed by atoms with Crippen molar-refractivity contribution in [1.82, 2.24) is 10.2 Å². The zero-order valence-electron chi connectivity index (χ0n) is 22.6. The number of rotatable bonds is 6. The summed E-state index contributed by atoms with van der Waals surface area (Å²) >= 11 is 0. The third kappa shape index (κ3) is 5.18. The molecule has 1 aliphatic rings. The van der Waals surface area contributed by atoms with Crippen molar-refractivity contribution in [2.24, 2.45) is 11.8 Å². The third-order valence-corrected chi connectivity index (χ3v) is 7.73. The highest BCUT2D eigenvalue weighted by molar-refractivity contribution is 6.11. The Morgan fingerprint density at radius 1 is 0.875 bits per heavy atom. The molecule has 5 rings (SSSR count). The number of benzene rings is 3. The molecule has 4 atom stereocenters. The molecule has 8 heteroatoms. The van der Waals surface area contributed by atoms with Crippen molar-refractivity contribution in [3.63, 3.8) is 0 Å². The van der Waals surface area contributed by atoms with E-state index in [0.29, 0.717) is 22.6 Å².